The summed E-state index contributed by atoms with van der Waals surface area (Å²) in [5.41, 5.74) is 5.67. The molecule has 4 nitrogen and oxygen atoms in total. The average Bonchev–Trinajstić information content (AvgIpc) is 3.05. The Morgan fingerprint density at radius 1 is 1.47 bits per heavy atom. The molecule has 1 atom stereocenters. The molecule has 0 amide bonds. The Balaban J connectivity index is 0.000000637. The van der Waals surface area contributed by atoms with E-state index in [0.29, 0.717) is 5.92 Å². The SMILES string of the molecule is CN.CN1CCC(c2ccc3cc(C=O)sc3n2)C1. The summed E-state index contributed by atoms with van der Waals surface area (Å²) in [7, 11) is 3.65. The molecular weight excluding hydrogens is 258 g/mol. The lowest BCUT2D eigenvalue weighted by molar-refractivity contribution is 0.112. The third-order valence-corrected chi connectivity index (χ3v) is 4.32. The largest absolute Gasteiger partial charge is 0.333 e. The summed E-state index contributed by atoms with van der Waals surface area (Å²) in [4.78, 5) is 19.5. The summed E-state index contributed by atoms with van der Waals surface area (Å²) in [6.45, 7) is 2.23. The molecule has 2 aromatic rings. The Kier molecular flexibility index (Phi) is 4.63. The van der Waals surface area contributed by atoms with Gasteiger partial charge in [0.1, 0.15) is 4.83 Å². The van der Waals surface area contributed by atoms with Crippen LogP contribution in [0.25, 0.3) is 10.2 Å². The van der Waals surface area contributed by atoms with E-state index in [-0.39, 0.29) is 0 Å². The van der Waals surface area contributed by atoms with Crippen LogP contribution in [0.4, 0.5) is 0 Å². The molecule has 0 radical (unpaired) electrons. The number of thiophene rings is 1. The van der Waals surface area contributed by atoms with E-state index in [9.17, 15) is 4.79 Å². The Hall–Kier alpha value is -1.30. The van der Waals surface area contributed by atoms with E-state index in [0.717, 1.165) is 34.5 Å². The number of nitrogens with two attached hydrogens (primary N) is 1. The second kappa shape index (κ2) is 6.23. The third-order valence-electron chi connectivity index (χ3n) is 3.35. The molecule has 0 aliphatic carbocycles. The topological polar surface area (TPSA) is 59.2 Å². The van der Waals surface area contributed by atoms with Crippen LogP contribution in [-0.4, -0.2) is 43.4 Å². The number of carbonyl (C=O) groups is 1. The molecule has 3 rings (SSSR count). The molecule has 3 heterocycles. The van der Waals surface area contributed by atoms with Crippen LogP contribution >= 0.6 is 11.3 Å². The smallest absolute Gasteiger partial charge is 0.160 e. The molecule has 0 saturated carbocycles. The average molecular weight is 277 g/mol. The van der Waals surface area contributed by atoms with Crippen molar-refractivity contribution in [1.82, 2.24) is 9.88 Å². The van der Waals surface area contributed by atoms with Crippen LogP contribution in [0.2, 0.25) is 0 Å². The molecule has 1 saturated heterocycles. The van der Waals surface area contributed by atoms with Crippen molar-refractivity contribution in [2.24, 2.45) is 5.73 Å². The Morgan fingerprint density at radius 3 is 2.89 bits per heavy atom. The predicted molar refractivity (Wildman–Crippen MR) is 80.0 cm³/mol. The van der Waals surface area contributed by atoms with Crippen molar-refractivity contribution < 1.29 is 4.79 Å². The number of hydrogen-bond acceptors (Lipinski definition) is 5. The molecule has 0 aromatic carbocycles. The monoisotopic (exact) mass is 277 g/mol. The van der Waals surface area contributed by atoms with Gasteiger partial charge in [0.15, 0.2) is 6.29 Å². The lowest BCUT2D eigenvalue weighted by Gasteiger charge is -2.09. The predicted octanol–water partition coefficient (Wildman–Crippen LogP) is 2.10. The number of aromatic nitrogens is 1. The molecule has 0 spiro atoms. The zero-order valence-corrected chi connectivity index (χ0v) is 12.1. The van der Waals surface area contributed by atoms with Crippen molar-refractivity contribution in [1.29, 1.82) is 0 Å². The lowest BCUT2D eigenvalue weighted by Crippen LogP contribution is -2.13. The molecule has 1 unspecified atom stereocenters. The van der Waals surface area contributed by atoms with Crippen molar-refractivity contribution >= 4 is 27.8 Å². The number of rotatable bonds is 2. The number of nitrogens with zero attached hydrogens (tertiary/aromatic N) is 2. The molecule has 0 bridgehead atoms. The van der Waals surface area contributed by atoms with Crippen LogP contribution in [0.3, 0.4) is 0 Å². The second-order valence-corrected chi connectivity index (χ2v) is 5.71. The zero-order valence-electron chi connectivity index (χ0n) is 11.3. The van der Waals surface area contributed by atoms with Gasteiger partial charge in [0.05, 0.1) is 4.88 Å². The highest BCUT2D eigenvalue weighted by atomic mass is 32.1. The Bertz CT molecular complexity index is 567. The van der Waals surface area contributed by atoms with E-state index in [1.165, 1.54) is 30.5 Å². The maximum absolute atomic E-state index is 10.7. The first kappa shape index (κ1) is 14.1. The number of hydrogen-bond donors (Lipinski definition) is 1. The van der Waals surface area contributed by atoms with Crippen LogP contribution in [0, 0.1) is 0 Å². The van der Waals surface area contributed by atoms with Gasteiger partial charge in [-0.05, 0) is 39.2 Å². The van der Waals surface area contributed by atoms with Gasteiger partial charge in [0, 0.05) is 23.5 Å². The molecule has 1 aliphatic heterocycles. The summed E-state index contributed by atoms with van der Waals surface area (Å²) in [5.74, 6) is 0.547. The highest BCUT2D eigenvalue weighted by Crippen LogP contribution is 2.29. The van der Waals surface area contributed by atoms with Gasteiger partial charge in [-0.25, -0.2) is 4.98 Å². The van der Waals surface area contributed by atoms with Gasteiger partial charge in [-0.3, -0.25) is 4.79 Å². The first-order valence-corrected chi connectivity index (χ1v) is 7.20. The van der Waals surface area contributed by atoms with Crippen LogP contribution in [0.15, 0.2) is 18.2 Å². The van der Waals surface area contributed by atoms with Gasteiger partial charge < -0.3 is 10.6 Å². The zero-order chi connectivity index (χ0) is 13.8. The molecule has 5 heteroatoms. The number of likely N-dealkylation sites (tertiary alicyclic amines) is 1. The molecule has 2 N–H and O–H groups in total. The van der Waals surface area contributed by atoms with Crippen LogP contribution in [-0.2, 0) is 0 Å². The van der Waals surface area contributed by atoms with Gasteiger partial charge in [-0.15, -0.1) is 11.3 Å². The fourth-order valence-electron chi connectivity index (χ4n) is 2.41. The molecule has 1 aliphatic rings. The van der Waals surface area contributed by atoms with Gasteiger partial charge in [0.2, 0.25) is 0 Å². The fourth-order valence-corrected chi connectivity index (χ4v) is 3.27. The van der Waals surface area contributed by atoms with Crippen LogP contribution in [0.1, 0.15) is 27.7 Å². The number of carbonyl (C=O) groups excluding carboxylic acids is 1. The minimum Gasteiger partial charge on any atom is -0.333 e. The summed E-state index contributed by atoms with van der Waals surface area (Å²) in [5, 5.41) is 1.08. The highest BCUT2D eigenvalue weighted by molar-refractivity contribution is 7.20. The molecule has 1 fully saturated rings. The van der Waals surface area contributed by atoms with Gasteiger partial charge in [-0.1, -0.05) is 6.07 Å². The second-order valence-electron chi connectivity index (χ2n) is 4.64. The fraction of sp³-hybridized carbons (Fsp3) is 0.429. The summed E-state index contributed by atoms with van der Waals surface area (Å²) in [6.07, 6.45) is 2.08. The van der Waals surface area contributed by atoms with Gasteiger partial charge >= 0.3 is 0 Å². The quantitative estimate of drug-likeness (QED) is 0.854. The minimum absolute atomic E-state index is 0.547. The first-order chi connectivity index (χ1) is 9.26. The maximum atomic E-state index is 10.7. The van der Waals surface area contributed by atoms with Crippen LogP contribution < -0.4 is 5.73 Å². The van der Waals surface area contributed by atoms with E-state index >= 15 is 0 Å². The summed E-state index contributed by atoms with van der Waals surface area (Å²) in [6, 6.07) is 6.09. The van der Waals surface area contributed by atoms with Crippen molar-refractivity contribution in [3.05, 3.63) is 28.8 Å². The van der Waals surface area contributed by atoms with Crippen LogP contribution in [0.5, 0.6) is 0 Å². The molecular formula is C14H19N3OS. The third kappa shape index (κ3) is 3.00. The van der Waals surface area contributed by atoms with Crippen molar-refractivity contribution in [3.63, 3.8) is 0 Å². The number of fused-ring (bicyclic) bond motifs is 1. The van der Waals surface area contributed by atoms with Crippen molar-refractivity contribution in [2.45, 2.75) is 12.3 Å². The van der Waals surface area contributed by atoms with E-state index in [1.807, 2.05) is 6.07 Å². The van der Waals surface area contributed by atoms with E-state index < -0.39 is 0 Å². The summed E-state index contributed by atoms with van der Waals surface area (Å²) >= 11 is 1.48. The van der Waals surface area contributed by atoms with E-state index in [2.05, 4.69) is 29.8 Å². The molecule has 19 heavy (non-hydrogen) atoms. The standard InChI is InChI=1S/C13H14N2OS.CH5N/c1-15-5-4-10(7-15)12-3-2-9-6-11(8-16)17-13(9)14-12;1-2/h2-3,6,8,10H,4-5,7H2,1H3;2H2,1H3. The van der Waals surface area contributed by atoms with Gasteiger partial charge in [0.25, 0.3) is 0 Å². The minimum atomic E-state index is 0.547. The number of pyridine rings is 1. The van der Waals surface area contributed by atoms with E-state index in [1.54, 1.807) is 0 Å². The Morgan fingerprint density at radius 2 is 2.26 bits per heavy atom. The van der Waals surface area contributed by atoms with Crippen molar-refractivity contribution in [2.75, 3.05) is 27.2 Å². The molecule has 102 valence electrons. The normalized spacial score (nSPS) is 19.2. The highest BCUT2D eigenvalue weighted by Gasteiger charge is 2.22. The Labute approximate surface area is 117 Å². The van der Waals surface area contributed by atoms with Gasteiger partial charge in [-0.2, -0.15) is 0 Å². The number of likely N-dealkylation sites (N-methyl/N-ethyl adjacent to an activating group) is 1. The van der Waals surface area contributed by atoms with Crippen molar-refractivity contribution in [3.8, 4) is 0 Å². The first-order valence-electron chi connectivity index (χ1n) is 6.38. The number of aldehydes is 1. The van der Waals surface area contributed by atoms with E-state index in [4.69, 9.17) is 4.98 Å². The lowest BCUT2D eigenvalue weighted by atomic mass is 10.0. The maximum Gasteiger partial charge on any atom is 0.160 e. The summed E-state index contributed by atoms with van der Waals surface area (Å²) < 4.78 is 0. The molecule has 2 aromatic heterocycles.